The summed E-state index contributed by atoms with van der Waals surface area (Å²) in [6.07, 6.45) is 0.659. The Kier molecular flexibility index (Phi) is 15.4. The van der Waals surface area contributed by atoms with Gasteiger partial charge >= 0.3 is 6.09 Å². The number of halogens is 4. The van der Waals surface area contributed by atoms with Gasteiger partial charge in [-0.1, -0.05) is 72.6 Å². The molecule has 61 heavy (non-hydrogen) atoms. The van der Waals surface area contributed by atoms with E-state index in [1.54, 1.807) is 0 Å². The molecule has 1 aromatic heterocycles. The summed E-state index contributed by atoms with van der Waals surface area (Å²) in [5.74, 6) is -8.72. The first kappa shape index (κ1) is 47.6. The topological polar surface area (TPSA) is 206 Å². The van der Waals surface area contributed by atoms with Crippen molar-refractivity contribution < 1.29 is 64.0 Å². The van der Waals surface area contributed by atoms with Gasteiger partial charge in [-0.3, -0.25) is 19.1 Å². The van der Waals surface area contributed by atoms with Gasteiger partial charge in [0.25, 0.3) is 11.8 Å². The number of sulfonamides is 1. The number of methoxy groups -OCH3 is 1. The fourth-order valence-corrected chi connectivity index (χ4v) is 9.37. The number of rotatable bonds is 17. The average molecular weight is 893 g/mol. The SMILES string of the molecule is CC(C)C.COc1ccc2nc(C(F)(F)CCCCC3CCCCC3)c(O[C@H]3CN(C(=O)CNC(=O)O)[C@H](C(=O)N[C@]4(C(=O)NS(=O)(=O)C5CC5)C[C@H]4C(F)F)[C@@H]3C)nc2c1.[HH].[HH].[HH]. The molecule has 15 nitrogen and oxygen atoms in total. The zero-order valence-corrected chi connectivity index (χ0v) is 36.0. The van der Waals surface area contributed by atoms with Crippen molar-refractivity contribution in [2.75, 3.05) is 20.2 Å². The molecule has 4 N–H and O–H groups in total. The van der Waals surface area contributed by atoms with E-state index in [9.17, 15) is 36.4 Å². The molecule has 3 aliphatic carbocycles. The number of fused-ring (bicyclic) bond motifs is 1. The maximum absolute atomic E-state index is 16.2. The van der Waals surface area contributed by atoms with Crippen molar-refractivity contribution in [1.29, 1.82) is 0 Å². The van der Waals surface area contributed by atoms with Crippen molar-refractivity contribution in [2.24, 2.45) is 23.7 Å². The minimum atomic E-state index is -4.20. The zero-order valence-electron chi connectivity index (χ0n) is 35.2. The molecule has 1 aliphatic heterocycles. The van der Waals surface area contributed by atoms with Gasteiger partial charge in [-0.05, 0) is 49.7 Å². The fraction of sp³-hybridized carbons (Fsp3) is 0.707. The number of amides is 4. The molecule has 20 heteroatoms. The molecule has 0 radical (unpaired) electrons. The molecule has 4 aliphatic rings. The van der Waals surface area contributed by atoms with Crippen molar-refractivity contribution >= 4 is 44.9 Å². The highest BCUT2D eigenvalue weighted by Gasteiger charge is 2.67. The van der Waals surface area contributed by atoms with Crippen LogP contribution in [0.4, 0.5) is 22.4 Å². The Morgan fingerprint density at radius 3 is 2.30 bits per heavy atom. The Hall–Kier alpha value is -4.49. The summed E-state index contributed by atoms with van der Waals surface area (Å²) in [4.78, 5) is 61.5. The molecule has 0 bridgehead atoms. The summed E-state index contributed by atoms with van der Waals surface area (Å²) in [6.45, 7) is 6.62. The Morgan fingerprint density at radius 1 is 1.03 bits per heavy atom. The Balaban J connectivity index is 0.00000193. The lowest BCUT2D eigenvalue weighted by Crippen LogP contribution is -2.58. The molecule has 2 aromatic rings. The number of carbonyl (C=O) groups excluding carboxylic acids is 3. The smallest absolute Gasteiger partial charge is 0.405 e. The number of likely N-dealkylation sites (tertiary alicyclic amines) is 1. The molecule has 0 unspecified atom stereocenters. The third-order valence-corrected chi connectivity index (χ3v) is 13.4. The second-order valence-corrected chi connectivity index (χ2v) is 19.3. The van der Waals surface area contributed by atoms with Crippen LogP contribution in [0.2, 0.25) is 0 Å². The maximum atomic E-state index is 16.2. The molecule has 2 heterocycles. The van der Waals surface area contributed by atoms with Crippen LogP contribution in [0, 0.1) is 23.7 Å². The summed E-state index contributed by atoms with van der Waals surface area (Å²) in [5.41, 5.74) is -2.84. The van der Waals surface area contributed by atoms with Crippen LogP contribution in [0.3, 0.4) is 0 Å². The van der Waals surface area contributed by atoms with Gasteiger partial charge in [-0.2, -0.15) is 8.78 Å². The number of nitrogens with one attached hydrogen (secondary N) is 3. The Morgan fingerprint density at radius 2 is 1.70 bits per heavy atom. The quantitative estimate of drug-likeness (QED) is 0.0951. The number of aromatic nitrogens is 2. The minimum Gasteiger partial charge on any atom is -0.497 e. The molecular formula is C41H64F4N6O9S. The van der Waals surface area contributed by atoms with Crippen LogP contribution in [-0.2, 0) is 30.3 Å². The number of carbonyl (C=O) groups is 4. The Bertz CT molecular complexity index is 2030. The van der Waals surface area contributed by atoms with Gasteiger partial charge in [0.15, 0.2) is 5.69 Å². The normalized spacial score (nSPS) is 24.2. The predicted molar refractivity (Wildman–Crippen MR) is 222 cm³/mol. The second kappa shape index (κ2) is 19.7. The lowest BCUT2D eigenvalue weighted by Gasteiger charge is -2.28. The van der Waals surface area contributed by atoms with Gasteiger partial charge < -0.3 is 30.1 Å². The van der Waals surface area contributed by atoms with Gasteiger partial charge in [-0.15, -0.1) is 0 Å². The molecule has 0 spiro atoms. The first-order valence-corrected chi connectivity index (χ1v) is 22.6. The molecule has 1 aromatic carbocycles. The van der Waals surface area contributed by atoms with Crippen molar-refractivity contribution in [3.05, 3.63) is 23.9 Å². The molecule has 5 atom stereocenters. The highest BCUT2D eigenvalue weighted by atomic mass is 32.2. The highest BCUT2D eigenvalue weighted by molar-refractivity contribution is 7.91. The zero-order chi connectivity index (χ0) is 44.9. The number of hydrogen-bond acceptors (Lipinski definition) is 10. The first-order chi connectivity index (χ1) is 28.7. The monoisotopic (exact) mass is 892 g/mol. The average Bonchev–Trinajstić information content (AvgIpc) is 4.13. The van der Waals surface area contributed by atoms with Gasteiger partial charge in [0.05, 0.1) is 35.9 Å². The summed E-state index contributed by atoms with van der Waals surface area (Å²) in [6, 6.07) is 2.85. The van der Waals surface area contributed by atoms with E-state index in [0.717, 1.165) is 42.9 Å². The largest absolute Gasteiger partial charge is 0.497 e. The van der Waals surface area contributed by atoms with E-state index in [0.29, 0.717) is 18.1 Å². The molecule has 4 fully saturated rings. The van der Waals surface area contributed by atoms with E-state index in [1.165, 1.54) is 38.7 Å². The van der Waals surface area contributed by atoms with Crippen molar-refractivity contribution in [2.45, 2.75) is 140 Å². The third kappa shape index (κ3) is 11.9. The van der Waals surface area contributed by atoms with Gasteiger partial charge in [-0.25, -0.2) is 32.0 Å². The molecular weight excluding hydrogens is 829 g/mol. The second-order valence-electron chi connectivity index (χ2n) is 17.4. The number of ether oxygens (including phenoxy) is 2. The van der Waals surface area contributed by atoms with Crippen LogP contribution >= 0.6 is 0 Å². The van der Waals surface area contributed by atoms with E-state index in [4.69, 9.17) is 14.6 Å². The maximum Gasteiger partial charge on any atom is 0.405 e. The molecule has 346 valence electrons. The van der Waals surface area contributed by atoms with Gasteiger partial charge in [0.2, 0.25) is 34.1 Å². The van der Waals surface area contributed by atoms with Crippen LogP contribution in [-0.4, -0.2) is 102 Å². The van der Waals surface area contributed by atoms with Crippen molar-refractivity contribution in [1.82, 2.24) is 30.2 Å². The van der Waals surface area contributed by atoms with E-state index < -0.39 is 118 Å². The number of carboxylic acid groups (broad SMARTS) is 1. The van der Waals surface area contributed by atoms with Crippen LogP contribution in [0.1, 0.15) is 115 Å². The van der Waals surface area contributed by atoms with E-state index in [-0.39, 0.29) is 34.6 Å². The molecule has 3 saturated carbocycles. The van der Waals surface area contributed by atoms with E-state index >= 15 is 8.78 Å². The fourth-order valence-electron chi connectivity index (χ4n) is 8.01. The molecule has 4 amide bonds. The van der Waals surface area contributed by atoms with E-state index in [2.05, 4.69) is 36.1 Å². The Labute approximate surface area is 358 Å². The van der Waals surface area contributed by atoms with Gasteiger partial charge in [0, 0.05) is 22.7 Å². The van der Waals surface area contributed by atoms with Gasteiger partial charge in [0.1, 0.15) is 30.0 Å². The number of nitrogens with zero attached hydrogens (tertiary/aromatic N) is 3. The van der Waals surface area contributed by atoms with Crippen LogP contribution in [0.15, 0.2) is 18.2 Å². The summed E-state index contributed by atoms with van der Waals surface area (Å²) >= 11 is 0. The number of benzene rings is 1. The number of alkyl halides is 4. The lowest BCUT2D eigenvalue weighted by molar-refractivity contribution is -0.140. The minimum absolute atomic E-state index is 0. The summed E-state index contributed by atoms with van der Waals surface area (Å²) < 4.78 is 98.8. The van der Waals surface area contributed by atoms with Crippen molar-refractivity contribution in [3.8, 4) is 11.6 Å². The lowest BCUT2D eigenvalue weighted by atomic mass is 9.85. The first-order valence-electron chi connectivity index (χ1n) is 21.0. The van der Waals surface area contributed by atoms with E-state index in [1.807, 2.05) is 10.0 Å². The molecule has 1 saturated heterocycles. The predicted octanol–water partition coefficient (Wildman–Crippen LogP) is 6.88. The van der Waals surface area contributed by atoms with Crippen LogP contribution < -0.4 is 24.8 Å². The number of unbranched alkanes of at least 4 members (excludes halogenated alkanes) is 1. The summed E-state index contributed by atoms with van der Waals surface area (Å²) in [5, 5.41) is 12.4. The third-order valence-electron chi connectivity index (χ3n) is 11.6. The van der Waals surface area contributed by atoms with Crippen molar-refractivity contribution in [3.63, 3.8) is 0 Å². The number of hydrogen-bond donors (Lipinski definition) is 4. The standard InChI is InChI=1S/C37H48F4N6O9S.C4H10.3H2/c1-20-27(56-33-30(43-25-14-11-22(55-2)16-26(25)44-33)37(40,41)15-7-6-10-21-8-4-3-5-9-21)19-47(28(48)18-42-35(51)52)29(20)32(49)45-36(17-24(36)31(38)39)34(50)46-57(53,54)23-12-13-23;1-4(2)3;;;/h11,14,16,20-21,23-24,27,29,31,42H,3-10,12-13,15,17-19H2,1-2H3,(H,45,49)(H,46,50)(H,51,52);4H,1-3H3;3*1H/t20-,24+,27+,29+,36-;;;;/m1..../s1. The van der Waals surface area contributed by atoms with Crippen LogP contribution in [0.5, 0.6) is 11.6 Å². The van der Waals surface area contributed by atoms with Crippen LogP contribution in [0.25, 0.3) is 11.0 Å². The molecule has 6 rings (SSSR count). The highest BCUT2D eigenvalue weighted by Crippen LogP contribution is 2.49. The summed E-state index contributed by atoms with van der Waals surface area (Å²) in [7, 11) is -2.80.